The number of alkyl halides is 3. The average Bonchev–Trinajstić information content (AvgIpc) is 2.79. The molecule has 8 nitrogen and oxygen atoms in total. The number of amides is 2. The Morgan fingerprint density at radius 1 is 0.971 bits per heavy atom. The fourth-order valence-corrected chi connectivity index (χ4v) is 3.00. The molecule has 3 rings (SSSR count). The number of esters is 1. The zero-order valence-corrected chi connectivity index (χ0v) is 18.7. The fraction of sp³-hybridized carbons (Fsp3) is 0.167. The summed E-state index contributed by atoms with van der Waals surface area (Å²) in [5, 5.41) is 7.91. The number of aryl methyl sites for hydroxylation is 1. The number of ether oxygens (including phenoxy) is 1. The van der Waals surface area contributed by atoms with Crippen molar-refractivity contribution in [2.45, 2.75) is 20.0 Å². The number of aromatic nitrogens is 1. The van der Waals surface area contributed by atoms with E-state index in [-0.39, 0.29) is 29.5 Å². The first-order chi connectivity index (χ1) is 16.5. The number of anilines is 3. The maximum absolute atomic E-state index is 12.9. The summed E-state index contributed by atoms with van der Waals surface area (Å²) in [7, 11) is 0. The van der Waals surface area contributed by atoms with E-state index in [1.165, 1.54) is 37.3 Å². The summed E-state index contributed by atoms with van der Waals surface area (Å²) in [6, 6.07) is 13.0. The smallest absolute Gasteiger partial charge is 0.425 e. The Hall–Kier alpha value is -4.41. The molecular formula is C24H21F3N4O4. The molecule has 11 heteroatoms. The topological polar surface area (TPSA) is 109 Å². The van der Waals surface area contributed by atoms with E-state index in [2.05, 4.69) is 20.9 Å². The van der Waals surface area contributed by atoms with Crippen LogP contribution in [0.1, 0.15) is 28.5 Å². The van der Waals surface area contributed by atoms with Crippen LogP contribution in [0.2, 0.25) is 0 Å². The van der Waals surface area contributed by atoms with Crippen LogP contribution in [-0.2, 0) is 15.8 Å². The maximum atomic E-state index is 12.9. The summed E-state index contributed by atoms with van der Waals surface area (Å²) in [5.74, 6) is -1.21. The minimum absolute atomic E-state index is 0.195. The van der Waals surface area contributed by atoms with Crippen LogP contribution >= 0.6 is 0 Å². The molecule has 0 bridgehead atoms. The predicted molar refractivity (Wildman–Crippen MR) is 122 cm³/mol. The summed E-state index contributed by atoms with van der Waals surface area (Å²) in [6.45, 7) is 2.67. The molecule has 0 atom stereocenters. The Balaban J connectivity index is 1.56. The van der Waals surface area contributed by atoms with Crippen molar-refractivity contribution in [1.82, 2.24) is 10.3 Å². The molecule has 1 aromatic heterocycles. The van der Waals surface area contributed by atoms with Crippen LogP contribution in [0.25, 0.3) is 0 Å². The van der Waals surface area contributed by atoms with Crippen LogP contribution in [0.5, 0.6) is 5.75 Å². The van der Waals surface area contributed by atoms with Crippen LogP contribution in [0.15, 0.2) is 60.8 Å². The number of benzene rings is 2. The lowest BCUT2D eigenvalue weighted by atomic mass is 10.1. The van der Waals surface area contributed by atoms with Gasteiger partial charge in [-0.05, 0) is 67.1 Å². The molecule has 0 unspecified atom stereocenters. The van der Waals surface area contributed by atoms with Gasteiger partial charge in [0.15, 0.2) is 0 Å². The Bertz CT molecular complexity index is 1240. The zero-order chi connectivity index (χ0) is 25.6. The van der Waals surface area contributed by atoms with Gasteiger partial charge in [-0.3, -0.25) is 14.6 Å². The van der Waals surface area contributed by atoms with Crippen molar-refractivity contribution in [2.75, 3.05) is 17.2 Å². The lowest BCUT2D eigenvalue weighted by Gasteiger charge is -2.13. The van der Waals surface area contributed by atoms with Gasteiger partial charge in [0.2, 0.25) is 5.91 Å². The largest absolute Gasteiger partial charge is 0.433 e. The lowest BCUT2D eigenvalue weighted by Crippen LogP contribution is -2.31. The minimum Gasteiger partial charge on any atom is -0.425 e. The van der Waals surface area contributed by atoms with Gasteiger partial charge in [-0.1, -0.05) is 0 Å². The first-order valence-corrected chi connectivity index (χ1v) is 10.3. The Labute approximate surface area is 198 Å². The van der Waals surface area contributed by atoms with E-state index in [0.29, 0.717) is 16.9 Å². The van der Waals surface area contributed by atoms with Gasteiger partial charge in [-0.25, -0.2) is 4.79 Å². The third kappa shape index (κ3) is 7.29. The molecule has 182 valence electrons. The van der Waals surface area contributed by atoms with Crippen LogP contribution in [0, 0.1) is 6.92 Å². The van der Waals surface area contributed by atoms with Crippen LogP contribution in [0.3, 0.4) is 0 Å². The zero-order valence-electron chi connectivity index (χ0n) is 18.7. The fourth-order valence-electron chi connectivity index (χ4n) is 3.00. The van der Waals surface area contributed by atoms with Gasteiger partial charge in [-0.2, -0.15) is 13.2 Å². The molecule has 1 heterocycles. The van der Waals surface area contributed by atoms with Gasteiger partial charge < -0.3 is 20.7 Å². The Morgan fingerprint density at radius 3 is 2.31 bits per heavy atom. The summed E-state index contributed by atoms with van der Waals surface area (Å²) in [4.78, 5) is 38.8. The third-order valence-corrected chi connectivity index (χ3v) is 4.62. The molecule has 0 aliphatic rings. The van der Waals surface area contributed by atoms with Gasteiger partial charge in [0.05, 0.1) is 0 Å². The maximum Gasteiger partial charge on any atom is 0.433 e. The Kier molecular flexibility index (Phi) is 7.69. The summed E-state index contributed by atoms with van der Waals surface area (Å²) < 4.78 is 43.7. The van der Waals surface area contributed by atoms with Crippen molar-refractivity contribution in [3.63, 3.8) is 0 Å². The van der Waals surface area contributed by atoms with Crippen LogP contribution in [0.4, 0.5) is 30.2 Å². The second-order valence-electron chi connectivity index (χ2n) is 7.44. The quantitative estimate of drug-likeness (QED) is 0.336. The highest BCUT2D eigenvalue weighted by Gasteiger charge is 2.32. The molecule has 0 radical (unpaired) electrons. The number of rotatable bonds is 7. The highest BCUT2D eigenvalue weighted by molar-refractivity contribution is 5.96. The predicted octanol–water partition coefficient (Wildman–Crippen LogP) is 4.45. The van der Waals surface area contributed by atoms with E-state index in [0.717, 1.165) is 12.3 Å². The van der Waals surface area contributed by atoms with Gasteiger partial charge in [0.25, 0.3) is 5.91 Å². The third-order valence-electron chi connectivity index (χ3n) is 4.62. The van der Waals surface area contributed by atoms with Crippen LogP contribution in [-0.4, -0.2) is 29.3 Å². The first kappa shape index (κ1) is 25.2. The number of carbonyl (C=O) groups excluding carboxylic acids is 3. The van der Waals surface area contributed by atoms with E-state index in [9.17, 15) is 27.6 Å². The molecule has 2 aromatic carbocycles. The van der Waals surface area contributed by atoms with Crippen LogP contribution < -0.4 is 20.7 Å². The highest BCUT2D eigenvalue weighted by atomic mass is 19.4. The number of carbonyl (C=O) groups is 3. The van der Waals surface area contributed by atoms with E-state index in [1.54, 1.807) is 25.1 Å². The van der Waals surface area contributed by atoms with Crippen molar-refractivity contribution >= 4 is 34.8 Å². The number of nitrogens with one attached hydrogen (secondary N) is 3. The average molecular weight is 486 g/mol. The number of hydrogen-bond donors (Lipinski definition) is 3. The number of nitrogens with zero attached hydrogens (tertiary/aromatic N) is 1. The van der Waals surface area contributed by atoms with Gasteiger partial charge >= 0.3 is 12.1 Å². The molecule has 3 N–H and O–H groups in total. The van der Waals surface area contributed by atoms with E-state index in [4.69, 9.17) is 4.74 Å². The van der Waals surface area contributed by atoms with Crippen molar-refractivity contribution in [3.8, 4) is 5.75 Å². The molecule has 0 aliphatic heterocycles. The second-order valence-corrected chi connectivity index (χ2v) is 7.44. The number of hydrogen-bond acceptors (Lipinski definition) is 6. The number of halogens is 3. The lowest BCUT2D eigenvalue weighted by molar-refractivity contribution is -0.141. The Morgan fingerprint density at radius 2 is 1.69 bits per heavy atom. The standard InChI is InChI=1S/C24H21F3N4O4/c1-14-11-16(3-8-20(14)31-18-9-10-28-21(12-18)24(25,26)27)23(34)29-13-22(33)35-19-6-4-17(5-7-19)30-15(2)32/h3-12H,13H2,1-2H3,(H,28,31)(H,29,34)(H,30,32). The van der Waals surface area contributed by atoms with Gasteiger partial charge in [-0.15, -0.1) is 0 Å². The molecule has 0 fully saturated rings. The van der Waals surface area contributed by atoms with E-state index >= 15 is 0 Å². The summed E-state index contributed by atoms with van der Waals surface area (Å²) in [5.41, 5.74) is 1.08. The first-order valence-electron chi connectivity index (χ1n) is 10.3. The normalized spacial score (nSPS) is 10.9. The van der Waals surface area contributed by atoms with Gasteiger partial charge in [0.1, 0.15) is 18.0 Å². The molecule has 35 heavy (non-hydrogen) atoms. The molecule has 0 aliphatic carbocycles. The summed E-state index contributed by atoms with van der Waals surface area (Å²) >= 11 is 0. The van der Waals surface area contributed by atoms with Crippen molar-refractivity contribution in [3.05, 3.63) is 77.6 Å². The SMILES string of the molecule is CC(=O)Nc1ccc(OC(=O)CNC(=O)c2ccc(Nc3ccnc(C(F)(F)F)c3)c(C)c2)cc1. The second kappa shape index (κ2) is 10.7. The molecule has 0 saturated carbocycles. The van der Waals surface area contributed by atoms with Crippen molar-refractivity contribution in [1.29, 1.82) is 0 Å². The van der Waals surface area contributed by atoms with E-state index < -0.39 is 23.7 Å². The summed E-state index contributed by atoms with van der Waals surface area (Å²) in [6.07, 6.45) is -3.51. The highest BCUT2D eigenvalue weighted by Crippen LogP contribution is 2.30. The van der Waals surface area contributed by atoms with Crippen molar-refractivity contribution < 1.29 is 32.3 Å². The molecular weight excluding hydrogens is 465 g/mol. The molecule has 0 spiro atoms. The number of pyridine rings is 1. The minimum atomic E-state index is -4.56. The van der Waals surface area contributed by atoms with Gasteiger partial charge in [0, 0.05) is 35.7 Å². The molecule has 3 aromatic rings. The molecule has 0 saturated heterocycles. The van der Waals surface area contributed by atoms with Crippen molar-refractivity contribution in [2.24, 2.45) is 0 Å². The monoisotopic (exact) mass is 486 g/mol. The molecule has 2 amide bonds. The van der Waals surface area contributed by atoms with E-state index in [1.807, 2.05) is 0 Å².